The molecule has 0 aromatic heterocycles. The van der Waals surface area contributed by atoms with E-state index in [0.717, 1.165) is 13.1 Å². The highest BCUT2D eigenvalue weighted by molar-refractivity contribution is 5.52. The van der Waals surface area contributed by atoms with Gasteiger partial charge >= 0.3 is 0 Å². The molecule has 94 valence electrons. The average Bonchev–Trinajstić information content (AvgIpc) is 2.33. The third-order valence-corrected chi connectivity index (χ3v) is 3.19. The van der Waals surface area contributed by atoms with E-state index in [9.17, 15) is 4.39 Å². The van der Waals surface area contributed by atoms with Crippen LogP contribution in [0.4, 0.5) is 15.8 Å². The molecule has 2 rings (SSSR count). The van der Waals surface area contributed by atoms with Gasteiger partial charge in [-0.15, -0.1) is 0 Å². The van der Waals surface area contributed by atoms with E-state index in [0.29, 0.717) is 11.4 Å². The summed E-state index contributed by atoms with van der Waals surface area (Å²) >= 11 is 0. The van der Waals surface area contributed by atoms with Gasteiger partial charge in [-0.3, -0.25) is 0 Å². The summed E-state index contributed by atoms with van der Waals surface area (Å²) in [4.78, 5) is 2.42. The maximum atomic E-state index is 13.5. The van der Waals surface area contributed by atoms with Crippen molar-refractivity contribution in [2.24, 2.45) is 0 Å². The van der Waals surface area contributed by atoms with Crippen molar-refractivity contribution in [1.29, 1.82) is 0 Å². The minimum Gasteiger partial charge on any atom is -0.399 e. The second kappa shape index (κ2) is 5.87. The van der Waals surface area contributed by atoms with Crippen LogP contribution in [-0.4, -0.2) is 31.1 Å². The molecule has 1 saturated heterocycles. The van der Waals surface area contributed by atoms with Gasteiger partial charge in [0, 0.05) is 18.8 Å². The van der Waals surface area contributed by atoms with E-state index >= 15 is 0 Å². The van der Waals surface area contributed by atoms with Crippen molar-refractivity contribution >= 4 is 11.4 Å². The number of benzene rings is 1. The van der Waals surface area contributed by atoms with Crippen LogP contribution in [0.3, 0.4) is 0 Å². The molecule has 1 aromatic carbocycles. The molecule has 1 aliphatic heterocycles. The molecule has 1 heterocycles. The molecule has 3 nitrogen and oxygen atoms in total. The number of halogens is 1. The standard InChI is InChI=1S/C13H20FN3/c14-12-10-11(15)4-5-13(12)16-6-9-17-7-2-1-3-8-17/h4-5,10,16H,1-3,6-9,15H2. The Morgan fingerprint density at radius 3 is 2.71 bits per heavy atom. The van der Waals surface area contributed by atoms with E-state index in [1.54, 1.807) is 12.1 Å². The van der Waals surface area contributed by atoms with E-state index in [4.69, 9.17) is 5.73 Å². The lowest BCUT2D eigenvalue weighted by atomic mass is 10.1. The molecule has 0 unspecified atom stereocenters. The predicted molar refractivity (Wildman–Crippen MR) is 69.6 cm³/mol. The summed E-state index contributed by atoms with van der Waals surface area (Å²) in [7, 11) is 0. The molecule has 0 saturated carbocycles. The fourth-order valence-corrected chi connectivity index (χ4v) is 2.21. The van der Waals surface area contributed by atoms with E-state index in [-0.39, 0.29) is 5.82 Å². The quantitative estimate of drug-likeness (QED) is 0.790. The highest BCUT2D eigenvalue weighted by atomic mass is 19.1. The van der Waals surface area contributed by atoms with Crippen molar-refractivity contribution in [2.45, 2.75) is 19.3 Å². The lowest BCUT2D eigenvalue weighted by molar-refractivity contribution is 0.237. The first-order valence-electron chi connectivity index (χ1n) is 6.27. The zero-order valence-electron chi connectivity index (χ0n) is 10.1. The number of nitrogens with two attached hydrogens (primary N) is 1. The third kappa shape index (κ3) is 3.60. The van der Waals surface area contributed by atoms with Crippen molar-refractivity contribution in [2.75, 3.05) is 37.2 Å². The summed E-state index contributed by atoms with van der Waals surface area (Å²) < 4.78 is 13.5. The van der Waals surface area contributed by atoms with Crippen molar-refractivity contribution in [3.05, 3.63) is 24.0 Å². The van der Waals surface area contributed by atoms with Crippen LogP contribution in [0.2, 0.25) is 0 Å². The Balaban J connectivity index is 1.77. The number of rotatable bonds is 4. The highest BCUT2D eigenvalue weighted by Crippen LogP contribution is 2.16. The lowest BCUT2D eigenvalue weighted by Gasteiger charge is -2.26. The number of nitrogens with zero attached hydrogens (tertiary/aromatic N) is 1. The largest absolute Gasteiger partial charge is 0.399 e. The fourth-order valence-electron chi connectivity index (χ4n) is 2.21. The van der Waals surface area contributed by atoms with Crippen LogP contribution >= 0.6 is 0 Å². The Morgan fingerprint density at radius 2 is 2.00 bits per heavy atom. The highest BCUT2D eigenvalue weighted by Gasteiger charge is 2.09. The summed E-state index contributed by atoms with van der Waals surface area (Å²) in [5.41, 5.74) is 6.50. The molecule has 1 aromatic rings. The van der Waals surface area contributed by atoms with Gasteiger partial charge < -0.3 is 16.0 Å². The third-order valence-electron chi connectivity index (χ3n) is 3.19. The van der Waals surface area contributed by atoms with Crippen LogP contribution in [0.15, 0.2) is 18.2 Å². The van der Waals surface area contributed by atoms with Gasteiger partial charge in [0.05, 0.1) is 5.69 Å². The second-order valence-corrected chi connectivity index (χ2v) is 4.57. The van der Waals surface area contributed by atoms with Gasteiger partial charge in [0.2, 0.25) is 0 Å². The molecule has 0 atom stereocenters. The van der Waals surface area contributed by atoms with E-state index in [1.807, 2.05) is 0 Å². The summed E-state index contributed by atoms with van der Waals surface area (Å²) in [6.45, 7) is 4.10. The van der Waals surface area contributed by atoms with Crippen LogP contribution in [0.5, 0.6) is 0 Å². The number of likely N-dealkylation sites (tertiary alicyclic amines) is 1. The molecule has 3 N–H and O–H groups in total. The summed E-state index contributed by atoms with van der Waals surface area (Å²) in [6.07, 6.45) is 3.92. The first-order chi connectivity index (χ1) is 8.25. The normalized spacial score (nSPS) is 17.0. The maximum absolute atomic E-state index is 13.5. The topological polar surface area (TPSA) is 41.3 Å². The first kappa shape index (κ1) is 12.2. The zero-order chi connectivity index (χ0) is 12.1. The molecule has 0 radical (unpaired) electrons. The Labute approximate surface area is 102 Å². The number of nitrogens with one attached hydrogen (secondary N) is 1. The second-order valence-electron chi connectivity index (χ2n) is 4.57. The molecular weight excluding hydrogens is 217 g/mol. The first-order valence-corrected chi connectivity index (χ1v) is 6.27. The van der Waals surface area contributed by atoms with Crippen molar-refractivity contribution in [1.82, 2.24) is 4.90 Å². The van der Waals surface area contributed by atoms with E-state index in [1.165, 1.54) is 38.4 Å². The number of hydrogen-bond acceptors (Lipinski definition) is 3. The van der Waals surface area contributed by atoms with E-state index < -0.39 is 0 Å². The summed E-state index contributed by atoms with van der Waals surface area (Å²) in [5, 5.41) is 3.12. The monoisotopic (exact) mass is 237 g/mol. The summed E-state index contributed by atoms with van der Waals surface area (Å²) in [6, 6.07) is 4.76. The SMILES string of the molecule is Nc1ccc(NCCN2CCCCC2)c(F)c1. The van der Waals surface area contributed by atoms with Gasteiger partial charge in [-0.1, -0.05) is 6.42 Å². The maximum Gasteiger partial charge on any atom is 0.148 e. The van der Waals surface area contributed by atoms with Gasteiger partial charge in [0.1, 0.15) is 5.82 Å². The van der Waals surface area contributed by atoms with Crippen LogP contribution in [-0.2, 0) is 0 Å². The summed E-state index contributed by atoms with van der Waals surface area (Å²) in [5.74, 6) is -0.274. The van der Waals surface area contributed by atoms with Crippen LogP contribution in [0.1, 0.15) is 19.3 Å². The molecule has 0 amide bonds. The Bertz CT molecular complexity index is 362. The van der Waals surface area contributed by atoms with Crippen molar-refractivity contribution in [3.8, 4) is 0 Å². The number of hydrogen-bond donors (Lipinski definition) is 2. The van der Waals surface area contributed by atoms with Gasteiger partial charge in [0.25, 0.3) is 0 Å². The molecule has 1 aliphatic rings. The minimum atomic E-state index is -0.274. The Hall–Kier alpha value is -1.29. The fraction of sp³-hybridized carbons (Fsp3) is 0.538. The Kier molecular flexibility index (Phi) is 4.20. The van der Waals surface area contributed by atoms with Crippen LogP contribution in [0.25, 0.3) is 0 Å². The average molecular weight is 237 g/mol. The predicted octanol–water partition coefficient (Wildman–Crippen LogP) is 2.31. The molecule has 17 heavy (non-hydrogen) atoms. The van der Waals surface area contributed by atoms with Crippen LogP contribution < -0.4 is 11.1 Å². The molecular formula is C13H20FN3. The van der Waals surface area contributed by atoms with Crippen molar-refractivity contribution < 1.29 is 4.39 Å². The molecule has 0 bridgehead atoms. The molecule has 1 fully saturated rings. The molecule has 4 heteroatoms. The minimum absolute atomic E-state index is 0.274. The molecule has 0 spiro atoms. The van der Waals surface area contributed by atoms with Gasteiger partial charge in [-0.2, -0.15) is 0 Å². The van der Waals surface area contributed by atoms with Gasteiger partial charge in [-0.25, -0.2) is 4.39 Å². The zero-order valence-corrected chi connectivity index (χ0v) is 10.1. The number of nitrogen functional groups attached to an aromatic ring is 1. The molecule has 0 aliphatic carbocycles. The van der Waals surface area contributed by atoms with Gasteiger partial charge in [0.15, 0.2) is 0 Å². The number of piperidine rings is 1. The van der Waals surface area contributed by atoms with Crippen molar-refractivity contribution in [3.63, 3.8) is 0 Å². The smallest absolute Gasteiger partial charge is 0.148 e. The Morgan fingerprint density at radius 1 is 1.24 bits per heavy atom. The van der Waals surface area contributed by atoms with E-state index in [2.05, 4.69) is 10.2 Å². The van der Waals surface area contributed by atoms with Gasteiger partial charge in [-0.05, 0) is 44.1 Å². The lowest BCUT2D eigenvalue weighted by Crippen LogP contribution is -2.33. The van der Waals surface area contributed by atoms with Crippen LogP contribution in [0, 0.1) is 5.82 Å². The number of anilines is 2.